The summed E-state index contributed by atoms with van der Waals surface area (Å²) in [7, 11) is 4.02. The standard InChI is InChI=1S/C22H31N5O2/c1-7-14(2)8-9-27-21(28)19-20(24-22(27)29)26(11-10-25(5)6)18-13-16(4)15(3)12-17(18)23-19/h7,12,18H,8-11,13H2,1-6H3/b14-7+. The maximum atomic E-state index is 13.2. The second-order valence-corrected chi connectivity index (χ2v) is 8.27. The van der Waals surface area contributed by atoms with Gasteiger partial charge in [0.25, 0.3) is 5.91 Å². The molecule has 0 fully saturated rings. The first-order chi connectivity index (χ1) is 13.7. The van der Waals surface area contributed by atoms with E-state index in [1.807, 2.05) is 34.0 Å². The minimum absolute atomic E-state index is 0.0126. The monoisotopic (exact) mass is 397 g/mol. The molecular weight excluding hydrogens is 366 g/mol. The van der Waals surface area contributed by atoms with E-state index in [1.165, 1.54) is 16.0 Å². The molecule has 0 spiro atoms. The highest BCUT2D eigenvalue weighted by Crippen LogP contribution is 2.33. The fraction of sp³-hybridized carbons (Fsp3) is 0.545. The molecule has 0 saturated heterocycles. The van der Waals surface area contributed by atoms with Gasteiger partial charge < -0.3 is 9.80 Å². The van der Waals surface area contributed by atoms with Crippen molar-refractivity contribution in [1.82, 2.24) is 14.7 Å². The number of rotatable bonds is 6. The van der Waals surface area contributed by atoms with Crippen molar-refractivity contribution in [2.24, 2.45) is 9.98 Å². The molecular formula is C22H31N5O2. The minimum atomic E-state index is -0.491. The molecule has 0 radical (unpaired) electrons. The van der Waals surface area contributed by atoms with Gasteiger partial charge in [0.15, 0.2) is 11.5 Å². The lowest BCUT2D eigenvalue weighted by Crippen LogP contribution is -2.58. The van der Waals surface area contributed by atoms with E-state index in [0.717, 1.165) is 24.2 Å². The van der Waals surface area contributed by atoms with Crippen molar-refractivity contribution in [1.29, 1.82) is 0 Å². The molecule has 1 unspecified atom stereocenters. The lowest BCUT2D eigenvalue weighted by atomic mass is 9.90. The van der Waals surface area contributed by atoms with Crippen LogP contribution in [-0.2, 0) is 4.79 Å². The van der Waals surface area contributed by atoms with E-state index >= 15 is 0 Å². The van der Waals surface area contributed by atoms with E-state index in [9.17, 15) is 9.59 Å². The smallest absolute Gasteiger partial charge is 0.344 e. The Morgan fingerprint density at radius 2 is 1.97 bits per heavy atom. The third kappa shape index (κ3) is 4.24. The number of carbonyl (C=O) groups is 2. The van der Waals surface area contributed by atoms with Crippen molar-refractivity contribution in [2.45, 2.75) is 46.6 Å². The maximum Gasteiger partial charge on any atom is 0.352 e. The number of hydrogen-bond donors (Lipinski definition) is 0. The van der Waals surface area contributed by atoms with Gasteiger partial charge in [-0.05, 0) is 60.7 Å². The van der Waals surface area contributed by atoms with Gasteiger partial charge in [0, 0.05) is 19.6 Å². The maximum absolute atomic E-state index is 13.2. The predicted octanol–water partition coefficient (Wildman–Crippen LogP) is 3.01. The van der Waals surface area contributed by atoms with Crippen molar-refractivity contribution in [3.63, 3.8) is 0 Å². The Balaban J connectivity index is 1.99. The summed E-state index contributed by atoms with van der Waals surface area (Å²) in [6.45, 7) is 9.93. The highest BCUT2D eigenvalue weighted by atomic mass is 16.2. The van der Waals surface area contributed by atoms with Crippen LogP contribution in [0.15, 0.2) is 44.6 Å². The van der Waals surface area contributed by atoms with Gasteiger partial charge in [0.1, 0.15) is 0 Å². The number of allylic oxidation sites excluding steroid dienone is 3. The average Bonchev–Trinajstić information content (AvgIpc) is 2.66. The first kappa shape index (κ1) is 21.2. The Morgan fingerprint density at radius 1 is 1.24 bits per heavy atom. The number of hydrogen-bond acceptors (Lipinski definition) is 5. The first-order valence-electron chi connectivity index (χ1n) is 10.2. The lowest BCUT2D eigenvalue weighted by Gasteiger charge is -2.42. The molecule has 0 aromatic heterocycles. The van der Waals surface area contributed by atoms with Gasteiger partial charge in [-0.2, -0.15) is 4.99 Å². The molecule has 156 valence electrons. The zero-order chi connectivity index (χ0) is 21.3. The largest absolute Gasteiger partial charge is 0.352 e. The van der Waals surface area contributed by atoms with Gasteiger partial charge in [-0.3, -0.25) is 9.69 Å². The number of urea groups is 1. The van der Waals surface area contributed by atoms with Crippen LogP contribution in [0.2, 0.25) is 0 Å². The molecule has 0 aromatic rings. The van der Waals surface area contributed by atoms with Gasteiger partial charge >= 0.3 is 6.03 Å². The Morgan fingerprint density at radius 3 is 2.62 bits per heavy atom. The number of aliphatic imine (C=N–C) groups is 2. The second-order valence-electron chi connectivity index (χ2n) is 8.27. The van der Waals surface area contributed by atoms with E-state index in [1.54, 1.807) is 0 Å². The summed E-state index contributed by atoms with van der Waals surface area (Å²) in [4.78, 5) is 40.3. The van der Waals surface area contributed by atoms with Crippen LogP contribution >= 0.6 is 0 Å². The lowest BCUT2D eigenvalue weighted by molar-refractivity contribution is -0.121. The first-order valence-corrected chi connectivity index (χ1v) is 10.2. The Kier molecular flexibility index (Phi) is 6.17. The van der Waals surface area contributed by atoms with Crippen molar-refractivity contribution in [2.75, 3.05) is 33.7 Å². The van der Waals surface area contributed by atoms with Crippen LogP contribution in [0.3, 0.4) is 0 Å². The van der Waals surface area contributed by atoms with E-state index in [2.05, 4.69) is 34.7 Å². The number of nitrogens with zero attached hydrogens (tertiary/aromatic N) is 5. The average molecular weight is 398 g/mol. The number of likely N-dealkylation sites (N-methyl/N-ethyl adjacent to an activating group) is 1. The molecule has 29 heavy (non-hydrogen) atoms. The SMILES string of the molecule is C/C=C(\C)CCN1C(=O)N=C2C(=NC3=CC(C)=C(C)CC3N2CCN(C)C)C1=O. The summed E-state index contributed by atoms with van der Waals surface area (Å²) in [6.07, 6.45) is 5.52. The van der Waals surface area contributed by atoms with Crippen molar-refractivity contribution in [3.05, 3.63) is 34.6 Å². The summed E-state index contributed by atoms with van der Waals surface area (Å²) in [5, 5.41) is 0. The zero-order valence-corrected chi connectivity index (χ0v) is 18.3. The van der Waals surface area contributed by atoms with Gasteiger partial charge in [-0.25, -0.2) is 9.79 Å². The van der Waals surface area contributed by atoms with Gasteiger partial charge in [-0.1, -0.05) is 22.8 Å². The number of amides is 3. The number of amidine groups is 1. The minimum Gasteiger partial charge on any atom is -0.344 e. The van der Waals surface area contributed by atoms with Gasteiger partial charge in [-0.15, -0.1) is 0 Å². The molecule has 3 aliphatic rings. The Hall–Kier alpha value is -2.54. The van der Waals surface area contributed by atoms with Gasteiger partial charge in [0.2, 0.25) is 0 Å². The number of imide groups is 1. The second kappa shape index (κ2) is 8.45. The molecule has 0 aromatic carbocycles. The highest BCUT2D eigenvalue weighted by molar-refractivity contribution is 6.69. The quantitative estimate of drug-likeness (QED) is 0.646. The molecule has 0 N–H and O–H groups in total. The fourth-order valence-corrected chi connectivity index (χ4v) is 3.66. The predicted molar refractivity (Wildman–Crippen MR) is 116 cm³/mol. The summed E-state index contributed by atoms with van der Waals surface area (Å²) < 4.78 is 0. The van der Waals surface area contributed by atoms with Crippen LogP contribution in [0, 0.1) is 0 Å². The third-order valence-corrected chi connectivity index (χ3v) is 5.87. The van der Waals surface area contributed by atoms with Crippen LogP contribution in [0.1, 0.15) is 40.5 Å². The Labute approximate surface area is 173 Å². The molecule has 0 saturated carbocycles. The zero-order valence-electron chi connectivity index (χ0n) is 18.3. The topological polar surface area (TPSA) is 68.6 Å². The van der Waals surface area contributed by atoms with Crippen LogP contribution in [0.4, 0.5) is 4.79 Å². The Bertz CT molecular complexity index is 876. The van der Waals surface area contributed by atoms with E-state index in [-0.39, 0.29) is 17.7 Å². The van der Waals surface area contributed by atoms with Gasteiger partial charge in [0.05, 0.1) is 11.7 Å². The summed E-state index contributed by atoms with van der Waals surface area (Å²) in [6, 6.07) is -0.479. The van der Waals surface area contributed by atoms with Crippen LogP contribution in [0.5, 0.6) is 0 Å². The molecule has 2 heterocycles. The molecule has 7 heteroatoms. The normalized spacial score (nSPS) is 22.5. The molecule has 1 aliphatic carbocycles. The molecule has 7 nitrogen and oxygen atoms in total. The molecule has 3 rings (SSSR count). The number of fused-ring (bicyclic) bond motifs is 2. The van der Waals surface area contributed by atoms with E-state index < -0.39 is 6.03 Å². The summed E-state index contributed by atoms with van der Waals surface area (Å²) in [5.41, 5.74) is 4.78. The molecule has 1 atom stereocenters. The summed E-state index contributed by atoms with van der Waals surface area (Å²) in [5.74, 6) is 0.0809. The van der Waals surface area contributed by atoms with E-state index in [4.69, 9.17) is 4.99 Å². The van der Waals surface area contributed by atoms with Crippen LogP contribution in [-0.4, -0.2) is 78.0 Å². The van der Waals surface area contributed by atoms with Crippen molar-refractivity contribution in [3.8, 4) is 0 Å². The third-order valence-electron chi connectivity index (χ3n) is 5.87. The molecule has 0 bridgehead atoms. The fourth-order valence-electron chi connectivity index (χ4n) is 3.66. The highest BCUT2D eigenvalue weighted by Gasteiger charge is 2.43. The molecule has 3 amide bonds. The van der Waals surface area contributed by atoms with Crippen molar-refractivity contribution < 1.29 is 9.59 Å². The number of carbonyl (C=O) groups excluding carboxylic acids is 2. The summed E-state index contributed by atoms with van der Waals surface area (Å²) >= 11 is 0. The van der Waals surface area contributed by atoms with Crippen LogP contribution in [0.25, 0.3) is 0 Å². The van der Waals surface area contributed by atoms with E-state index in [0.29, 0.717) is 25.3 Å². The molecule has 2 aliphatic heterocycles. The van der Waals surface area contributed by atoms with Crippen molar-refractivity contribution >= 4 is 23.5 Å². The van der Waals surface area contributed by atoms with Crippen LogP contribution < -0.4 is 0 Å².